The van der Waals surface area contributed by atoms with E-state index in [1.807, 2.05) is 47.0 Å². The smallest absolute Gasteiger partial charge is 0.229 e. The molecule has 1 heterocycles. The molecule has 0 aromatic carbocycles. The van der Waals surface area contributed by atoms with Crippen LogP contribution < -0.4 is 10.6 Å². The Hall–Kier alpha value is -1.62. The van der Waals surface area contributed by atoms with Gasteiger partial charge >= 0.3 is 0 Å². The molecule has 0 atom stereocenters. The van der Waals surface area contributed by atoms with Gasteiger partial charge in [0, 0.05) is 18.5 Å². The fourth-order valence-electron chi connectivity index (χ4n) is 1.30. The molecule has 0 aliphatic rings. The van der Waals surface area contributed by atoms with Gasteiger partial charge in [-0.25, -0.2) is 4.98 Å². The first-order chi connectivity index (χ1) is 8.79. The number of anilines is 2. The molecule has 1 aromatic rings. The maximum Gasteiger partial charge on any atom is 0.229 e. The van der Waals surface area contributed by atoms with Gasteiger partial charge in [0.2, 0.25) is 5.91 Å². The molecule has 2 N–H and O–H groups in total. The van der Waals surface area contributed by atoms with E-state index in [-0.39, 0.29) is 5.91 Å². The first-order valence-electron chi connectivity index (χ1n) is 6.45. The van der Waals surface area contributed by atoms with Gasteiger partial charge in [-0.15, -0.1) is 0 Å². The molecule has 19 heavy (non-hydrogen) atoms. The van der Waals surface area contributed by atoms with Crippen LogP contribution in [0.2, 0.25) is 0 Å². The number of hydrogen-bond acceptors (Lipinski definition) is 4. The van der Waals surface area contributed by atoms with Crippen LogP contribution in [0.1, 0.15) is 20.8 Å². The molecule has 5 nitrogen and oxygen atoms in total. The van der Waals surface area contributed by atoms with Gasteiger partial charge in [-0.1, -0.05) is 20.8 Å². The zero-order chi connectivity index (χ0) is 14.5. The van der Waals surface area contributed by atoms with Gasteiger partial charge in [-0.05, 0) is 26.2 Å². The number of amides is 1. The van der Waals surface area contributed by atoms with E-state index in [0.717, 1.165) is 24.6 Å². The molecule has 1 amide bonds. The zero-order valence-corrected chi connectivity index (χ0v) is 12.4. The molecule has 0 aliphatic carbocycles. The lowest BCUT2D eigenvalue weighted by Gasteiger charge is -2.17. The van der Waals surface area contributed by atoms with Gasteiger partial charge in [0.05, 0.1) is 11.9 Å². The van der Waals surface area contributed by atoms with Crippen molar-refractivity contribution in [2.45, 2.75) is 20.8 Å². The third kappa shape index (κ3) is 5.70. The number of nitrogens with one attached hydrogen (secondary N) is 2. The van der Waals surface area contributed by atoms with E-state index in [9.17, 15) is 4.79 Å². The number of nitrogens with zero attached hydrogens (tertiary/aromatic N) is 2. The molecule has 0 saturated heterocycles. The number of carbonyl (C=O) groups is 1. The van der Waals surface area contributed by atoms with Crippen molar-refractivity contribution < 1.29 is 4.79 Å². The summed E-state index contributed by atoms with van der Waals surface area (Å²) in [4.78, 5) is 18.2. The molecule has 0 spiro atoms. The fraction of sp³-hybridized carbons (Fsp3) is 0.571. The fourth-order valence-corrected chi connectivity index (χ4v) is 1.30. The Morgan fingerprint density at radius 3 is 2.47 bits per heavy atom. The minimum Gasteiger partial charge on any atom is -0.369 e. The summed E-state index contributed by atoms with van der Waals surface area (Å²) in [5, 5.41) is 6.07. The van der Waals surface area contributed by atoms with Crippen LogP contribution in [0.5, 0.6) is 0 Å². The van der Waals surface area contributed by atoms with Crippen LogP contribution in [0, 0.1) is 5.41 Å². The van der Waals surface area contributed by atoms with Gasteiger partial charge in [-0.2, -0.15) is 0 Å². The van der Waals surface area contributed by atoms with E-state index in [4.69, 9.17) is 0 Å². The SMILES string of the molecule is CN(C)CCNc1ccc(NC(=O)C(C)(C)C)cn1. The van der Waals surface area contributed by atoms with Crippen molar-refractivity contribution in [3.05, 3.63) is 18.3 Å². The minimum absolute atomic E-state index is 0.0115. The summed E-state index contributed by atoms with van der Waals surface area (Å²) in [7, 11) is 4.06. The van der Waals surface area contributed by atoms with Crippen LogP contribution in [-0.2, 0) is 4.79 Å². The Bertz CT molecular complexity index is 406. The van der Waals surface area contributed by atoms with E-state index in [1.165, 1.54) is 0 Å². The summed E-state index contributed by atoms with van der Waals surface area (Å²) >= 11 is 0. The molecule has 0 saturated carbocycles. The predicted octanol–water partition coefficient (Wildman–Crippen LogP) is 2.04. The summed E-state index contributed by atoms with van der Waals surface area (Å²) in [6, 6.07) is 3.72. The second kappa shape index (κ2) is 6.52. The third-order valence-corrected chi connectivity index (χ3v) is 2.57. The summed E-state index contributed by atoms with van der Waals surface area (Å²) in [5.41, 5.74) is 0.320. The molecule has 1 rings (SSSR count). The average molecular weight is 264 g/mol. The predicted molar refractivity (Wildman–Crippen MR) is 79.4 cm³/mol. The molecule has 106 valence electrons. The van der Waals surface area contributed by atoms with Crippen molar-refractivity contribution in [3.63, 3.8) is 0 Å². The molecule has 1 aromatic heterocycles. The topological polar surface area (TPSA) is 57.3 Å². The Kier molecular flexibility index (Phi) is 5.30. The van der Waals surface area contributed by atoms with Crippen LogP contribution in [0.15, 0.2) is 18.3 Å². The van der Waals surface area contributed by atoms with E-state index in [0.29, 0.717) is 0 Å². The Labute approximate surface area is 115 Å². The normalized spacial score (nSPS) is 11.5. The standard InChI is InChI=1S/C14H24N4O/c1-14(2,3)13(19)17-11-6-7-12(16-10-11)15-8-9-18(4)5/h6-7,10H,8-9H2,1-5H3,(H,15,16)(H,17,19). The Balaban J connectivity index is 2.50. The highest BCUT2D eigenvalue weighted by Crippen LogP contribution is 2.17. The van der Waals surface area contributed by atoms with Gasteiger partial charge in [0.15, 0.2) is 0 Å². The van der Waals surface area contributed by atoms with Crippen molar-refractivity contribution in [3.8, 4) is 0 Å². The zero-order valence-electron chi connectivity index (χ0n) is 12.4. The van der Waals surface area contributed by atoms with Crippen molar-refractivity contribution >= 4 is 17.4 Å². The highest BCUT2D eigenvalue weighted by molar-refractivity contribution is 5.94. The molecule has 0 aliphatic heterocycles. The highest BCUT2D eigenvalue weighted by atomic mass is 16.2. The van der Waals surface area contributed by atoms with Gasteiger partial charge in [-0.3, -0.25) is 4.79 Å². The first-order valence-corrected chi connectivity index (χ1v) is 6.45. The summed E-state index contributed by atoms with van der Waals surface area (Å²) in [5.74, 6) is 0.804. The van der Waals surface area contributed by atoms with E-state index in [2.05, 4.69) is 20.5 Å². The van der Waals surface area contributed by atoms with Crippen LogP contribution >= 0.6 is 0 Å². The van der Waals surface area contributed by atoms with Crippen LogP contribution in [-0.4, -0.2) is 43.0 Å². The second-order valence-corrected chi connectivity index (χ2v) is 5.87. The minimum atomic E-state index is -0.400. The van der Waals surface area contributed by atoms with Gasteiger partial charge < -0.3 is 15.5 Å². The van der Waals surface area contributed by atoms with Crippen LogP contribution in [0.3, 0.4) is 0 Å². The van der Waals surface area contributed by atoms with Crippen molar-refractivity contribution in [1.82, 2.24) is 9.88 Å². The molecule has 0 bridgehead atoms. The number of likely N-dealkylation sites (N-methyl/N-ethyl adjacent to an activating group) is 1. The lowest BCUT2D eigenvalue weighted by Crippen LogP contribution is -2.27. The second-order valence-electron chi connectivity index (χ2n) is 5.87. The number of pyridine rings is 1. The maximum atomic E-state index is 11.8. The first kappa shape index (κ1) is 15.4. The molecular weight excluding hydrogens is 240 g/mol. The third-order valence-electron chi connectivity index (χ3n) is 2.57. The van der Waals surface area contributed by atoms with E-state index in [1.54, 1.807) is 6.20 Å². The number of rotatable bonds is 5. The average Bonchev–Trinajstić information content (AvgIpc) is 2.29. The number of aromatic nitrogens is 1. The lowest BCUT2D eigenvalue weighted by atomic mass is 9.96. The van der Waals surface area contributed by atoms with E-state index < -0.39 is 5.41 Å². The Morgan fingerprint density at radius 2 is 2.00 bits per heavy atom. The Morgan fingerprint density at radius 1 is 1.32 bits per heavy atom. The van der Waals surface area contributed by atoms with Crippen molar-refractivity contribution in [1.29, 1.82) is 0 Å². The van der Waals surface area contributed by atoms with Crippen LogP contribution in [0.4, 0.5) is 11.5 Å². The highest BCUT2D eigenvalue weighted by Gasteiger charge is 2.21. The lowest BCUT2D eigenvalue weighted by molar-refractivity contribution is -0.123. The quantitative estimate of drug-likeness (QED) is 0.854. The van der Waals surface area contributed by atoms with Gasteiger partial charge in [0.1, 0.15) is 5.82 Å². The molecule has 0 unspecified atom stereocenters. The van der Waals surface area contributed by atoms with Gasteiger partial charge in [0.25, 0.3) is 0 Å². The number of hydrogen-bond donors (Lipinski definition) is 2. The molecule has 0 radical (unpaired) electrons. The largest absolute Gasteiger partial charge is 0.369 e. The molecular formula is C14H24N4O. The van der Waals surface area contributed by atoms with Crippen LogP contribution in [0.25, 0.3) is 0 Å². The summed E-state index contributed by atoms with van der Waals surface area (Å²) < 4.78 is 0. The molecule has 5 heteroatoms. The molecule has 0 fully saturated rings. The summed E-state index contributed by atoms with van der Waals surface area (Å²) in [6.07, 6.45) is 1.67. The maximum absolute atomic E-state index is 11.8. The van der Waals surface area contributed by atoms with Crippen molar-refractivity contribution in [2.75, 3.05) is 37.8 Å². The van der Waals surface area contributed by atoms with E-state index >= 15 is 0 Å². The van der Waals surface area contributed by atoms with Crippen molar-refractivity contribution in [2.24, 2.45) is 5.41 Å². The summed E-state index contributed by atoms with van der Waals surface area (Å²) in [6.45, 7) is 7.44. The monoisotopic (exact) mass is 264 g/mol. The number of carbonyl (C=O) groups excluding carboxylic acids is 1.